The summed E-state index contributed by atoms with van der Waals surface area (Å²) in [6.45, 7) is 0. The zero-order valence-corrected chi connectivity index (χ0v) is 9.31. The summed E-state index contributed by atoms with van der Waals surface area (Å²) >= 11 is 2.67. The average molecular weight is 252 g/mol. The average Bonchev–Trinajstić information content (AvgIpc) is 2.87. The van der Waals surface area contributed by atoms with Gasteiger partial charge in [-0.15, -0.1) is 25.0 Å². The van der Waals surface area contributed by atoms with Crippen molar-refractivity contribution in [2.45, 2.75) is 9.37 Å². The molecule has 0 saturated carbocycles. The topological polar surface area (TPSA) is 108 Å². The molecule has 0 bridgehead atoms. The van der Waals surface area contributed by atoms with Crippen molar-refractivity contribution in [3.05, 3.63) is 12.1 Å². The summed E-state index contributed by atoms with van der Waals surface area (Å²) in [5, 5.41) is 23.9. The Labute approximate surface area is 96.9 Å². The highest BCUT2D eigenvalue weighted by molar-refractivity contribution is 8.01. The summed E-state index contributed by atoms with van der Waals surface area (Å²) in [5.74, 6) is 0. The Hall–Kier alpha value is -1.81. The van der Waals surface area contributed by atoms with Crippen molar-refractivity contribution in [2.24, 2.45) is 0 Å². The van der Waals surface area contributed by atoms with Crippen LogP contribution in [0, 0.1) is 0 Å². The lowest BCUT2D eigenvalue weighted by atomic mass is 10.6. The maximum atomic E-state index is 5.48. The molecule has 0 aliphatic heterocycles. The zero-order valence-electron chi connectivity index (χ0n) is 7.68. The molecule has 0 amide bonds. The first kappa shape index (κ1) is 9.42. The van der Waals surface area contributed by atoms with Gasteiger partial charge in [0.25, 0.3) is 0 Å². The van der Waals surface area contributed by atoms with Gasteiger partial charge in [-0.25, -0.2) is 0 Å². The quantitative estimate of drug-likeness (QED) is 0.684. The van der Waals surface area contributed by atoms with Crippen molar-refractivity contribution < 1.29 is 0 Å². The van der Waals surface area contributed by atoms with Crippen LogP contribution in [0.25, 0.3) is 5.65 Å². The molecule has 0 fully saturated rings. The monoisotopic (exact) mass is 252 g/mol. The van der Waals surface area contributed by atoms with Crippen LogP contribution in [-0.2, 0) is 0 Å². The number of nitrogen functional groups attached to an aromatic ring is 1. The normalized spacial score (nSPS) is 11.0. The second-order valence-corrected chi connectivity index (χ2v) is 4.98. The van der Waals surface area contributed by atoms with E-state index in [9.17, 15) is 0 Å². The van der Waals surface area contributed by atoms with E-state index in [1.165, 1.54) is 27.7 Å². The van der Waals surface area contributed by atoms with Crippen molar-refractivity contribution in [1.82, 2.24) is 35.5 Å². The second-order valence-electron chi connectivity index (χ2n) is 2.71. The van der Waals surface area contributed by atoms with E-state index in [-0.39, 0.29) is 0 Å². The smallest absolute Gasteiger partial charge is 0.203 e. The summed E-state index contributed by atoms with van der Waals surface area (Å²) in [7, 11) is 0. The predicted octanol–water partition coefficient (Wildman–Crippen LogP) is 0.104. The molecular formula is C6H4N8S2. The van der Waals surface area contributed by atoms with E-state index in [0.717, 1.165) is 9.37 Å². The molecule has 16 heavy (non-hydrogen) atoms. The standard InChI is InChI=1S/C6H4N8S2/c7-5-9-10-6(16-5)15-4-2-1-3-8-12-13-14(3)11-4/h1-2H,(H2,7,9). The van der Waals surface area contributed by atoms with Crippen molar-refractivity contribution >= 4 is 33.9 Å². The van der Waals surface area contributed by atoms with Crippen LogP contribution in [-0.4, -0.2) is 35.5 Å². The zero-order chi connectivity index (χ0) is 11.0. The van der Waals surface area contributed by atoms with Gasteiger partial charge in [0.2, 0.25) is 5.13 Å². The fraction of sp³-hybridized carbons (Fsp3) is 0. The molecule has 0 atom stereocenters. The molecule has 0 aromatic carbocycles. The number of fused-ring (bicyclic) bond motifs is 1. The van der Waals surface area contributed by atoms with Crippen LogP contribution >= 0.6 is 23.1 Å². The molecule has 0 radical (unpaired) electrons. The maximum absolute atomic E-state index is 5.48. The summed E-state index contributed by atoms with van der Waals surface area (Å²) < 4.78 is 2.09. The summed E-state index contributed by atoms with van der Waals surface area (Å²) in [5.41, 5.74) is 6.08. The van der Waals surface area contributed by atoms with Gasteiger partial charge in [-0.1, -0.05) is 11.3 Å². The predicted molar refractivity (Wildman–Crippen MR) is 57.0 cm³/mol. The molecule has 80 valence electrons. The van der Waals surface area contributed by atoms with Crippen molar-refractivity contribution in [3.8, 4) is 0 Å². The molecule has 10 heteroatoms. The van der Waals surface area contributed by atoms with Gasteiger partial charge in [-0.3, -0.25) is 0 Å². The number of aromatic nitrogens is 7. The molecule has 3 aromatic rings. The van der Waals surface area contributed by atoms with E-state index in [2.05, 4.69) is 30.8 Å². The second kappa shape index (κ2) is 3.64. The van der Waals surface area contributed by atoms with Crippen LogP contribution in [0.4, 0.5) is 5.13 Å². The fourth-order valence-electron chi connectivity index (χ4n) is 1.04. The van der Waals surface area contributed by atoms with Crippen molar-refractivity contribution in [3.63, 3.8) is 0 Å². The molecule has 0 aliphatic rings. The number of nitrogens with zero attached hydrogens (tertiary/aromatic N) is 7. The fourth-order valence-corrected chi connectivity index (χ4v) is 2.57. The van der Waals surface area contributed by atoms with E-state index in [4.69, 9.17) is 5.73 Å². The molecule has 0 aliphatic carbocycles. The van der Waals surface area contributed by atoms with Crippen LogP contribution < -0.4 is 5.73 Å². The molecule has 3 aromatic heterocycles. The summed E-state index contributed by atoms with van der Waals surface area (Å²) in [6.07, 6.45) is 0. The van der Waals surface area contributed by atoms with Gasteiger partial charge < -0.3 is 5.73 Å². The Morgan fingerprint density at radius 3 is 3.00 bits per heavy atom. The van der Waals surface area contributed by atoms with E-state index in [1.54, 1.807) is 6.07 Å². The lowest BCUT2D eigenvalue weighted by Gasteiger charge is -1.94. The van der Waals surface area contributed by atoms with Gasteiger partial charge in [0.05, 0.1) is 0 Å². The van der Waals surface area contributed by atoms with Gasteiger partial charge in [-0.05, 0) is 34.3 Å². The van der Waals surface area contributed by atoms with Crippen LogP contribution in [0.15, 0.2) is 21.5 Å². The third kappa shape index (κ3) is 1.67. The Kier molecular flexibility index (Phi) is 2.15. The highest BCUT2D eigenvalue weighted by atomic mass is 32.2. The minimum absolute atomic E-state index is 0.436. The molecule has 2 N–H and O–H groups in total. The number of hydrogen-bond donors (Lipinski definition) is 1. The highest BCUT2D eigenvalue weighted by Crippen LogP contribution is 2.29. The number of anilines is 1. The summed E-state index contributed by atoms with van der Waals surface area (Å²) in [6, 6.07) is 3.59. The van der Waals surface area contributed by atoms with E-state index < -0.39 is 0 Å². The maximum Gasteiger partial charge on any atom is 0.203 e. The van der Waals surface area contributed by atoms with Crippen LogP contribution in [0.1, 0.15) is 0 Å². The van der Waals surface area contributed by atoms with Crippen LogP contribution in [0.2, 0.25) is 0 Å². The molecule has 3 heterocycles. The minimum atomic E-state index is 0.436. The molecule has 0 unspecified atom stereocenters. The van der Waals surface area contributed by atoms with E-state index >= 15 is 0 Å². The SMILES string of the molecule is Nc1nnc(Sc2ccc3nnnn3n2)s1. The van der Waals surface area contributed by atoms with Gasteiger partial charge in [0, 0.05) is 0 Å². The van der Waals surface area contributed by atoms with Crippen molar-refractivity contribution in [1.29, 1.82) is 0 Å². The molecule has 3 rings (SSSR count). The molecule has 0 spiro atoms. The first-order valence-electron chi connectivity index (χ1n) is 4.13. The Bertz CT molecular complexity index is 630. The first-order chi connectivity index (χ1) is 7.81. The molecular weight excluding hydrogens is 248 g/mol. The first-order valence-corrected chi connectivity index (χ1v) is 5.77. The van der Waals surface area contributed by atoms with E-state index in [0.29, 0.717) is 10.8 Å². The van der Waals surface area contributed by atoms with Gasteiger partial charge in [0.15, 0.2) is 9.99 Å². The largest absolute Gasteiger partial charge is 0.374 e. The molecule has 0 saturated heterocycles. The Balaban J connectivity index is 1.94. The van der Waals surface area contributed by atoms with E-state index in [1.807, 2.05) is 6.07 Å². The van der Waals surface area contributed by atoms with Gasteiger partial charge in [-0.2, -0.15) is 0 Å². The molecule has 8 nitrogen and oxygen atoms in total. The van der Waals surface area contributed by atoms with Crippen molar-refractivity contribution in [2.75, 3.05) is 5.73 Å². The van der Waals surface area contributed by atoms with Gasteiger partial charge in [0.1, 0.15) is 5.03 Å². The third-order valence-electron chi connectivity index (χ3n) is 1.66. The number of hydrogen-bond acceptors (Lipinski definition) is 9. The lowest BCUT2D eigenvalue weighted by molar-refractivity contribution is 0.702. The lowest BCUT2D eigenvalue weighted by Crippen LogP contribution is -1.94. The number of rotatable bonds is 2. The Morgan fingerprint density at radius 1 is 1.25 bits per heavy atom. The minimum Gasteiger partial charge on any atom is -0.374 e. The highest BCUT2D eigenvalue weighted by Gasteiger charge is 2.06. The van der Waals surface area contributed by atoms with Gasteiger partial charge >= 0.3 is 0 Å². The number of tetrazole rings is 1. The Morgan fingerprint density at radius 2 is 2.19 bits per heavy atom. The summed E-state index contributed by atoms with van der Waals surface area (Å²) in [4.78, 5) is 0. The number of nitrogens with two attached hydrogens (primary N) is 1. The van der Waals surface area contributed by atoms with Crippen LogP contribution in [0.3, 0.4) is 0 Å². The third-order valence-corrected chi connectivity index (χ3v) is 3.39. The van der Waals surface area contributed by atoms with Crippen LogP contribution in [0.5, 0.6) is 0 Å².